The van der Waals surface area contributed by atoms with Crippen molar-refractivity contribution in [2.24, 2.45) is 0 Å². The Morgan fingerprint density at radius 1 is 1.36 bits per heavy atom. The molecule has 3 aliphatic rings. The average molecular weight is 411 g/mol. The molecule has 1 aromatic carbocycles. The first-order chi connectivity index (χ1) is 13.1. The number of amides is 1. The Labute approximate surface area is 167 Å². The third kappa shape index (κ3) is 3.36. The zero-order valence-electron chi connectivity index (χ0n) is 16.0. The molecular formula is C19H23F2N3O3S. The summed E-state index contributed by atoms with van der Waals surface area (Å²) in [7, 11) is 0. The van der Waals surface area contributed by atoms with Crippen LogP contribution in [0.2, 0.25) is 0 Å². The van der Waals surface area contributed by atoms with E-state index < -0.39 is 17.2 Å². The lowest BCUT2D eigenvalue weighted by atomic mass is 10.00. The maximum atomic E-state index is 13.9. The van der Waals surface area contributed by atoms with E-state index in [1.165, 1.54) is 6.07 Å². The van der Waals surface area contributed by atoms with E-state index in [9.17, 15) is 13.6 Å². The number of rotatable bonds is 1. The Bertz CT molecular complexity index is 829. The number of likely N-dealkylation sites (tertiary alicyclic amines) is 1. The summed E-state index contributed by atoms with van der Waals surface area (Å²) < 4.78 is 38.6. The maximum absolute atomic E-state index is 13.9. The normalized spacial score (nSPS) is 26.5. The largest absolute Gasteiger partial charge is 0.488 e. The maximum Gasteiger partial charge on any atom is 0.412 e. The molecule has 0 aliphatic carbocycles. The Morgan fingerprint density at radius 2 is 2.11 bits per heavy atom. The van der Waals surface area contributed by atoms with Gasteiger partial charge >= 0.3 is 6.09 Å². The minimum Gasteiger partial charge on any atom is -0.488 e. The summed E-state index contributed by atoms with van der Waals surface area (Å²) in [5.74, 6) is -1.21. The van der Waals surface area contributed by atoms with E-state index in [1.807, 2.05) is 25.7 Å². The molecular weight excluding hydrogens is 388 g/mol. The van der Waals surface area contributed by atoms with Crippen LogP contribution in [0.25, 0.3) is 0 Å². The highest BCUT2D eigenvalue weighted by Gasteiger charge is 2.50. The summed E-state index contributed by atoms with van der Waals surface area (Å²) in [5.41, 5.74) is -0.0924. The Kier molecular flexibility index (Phi) is 4.60. The average Bonchev–Trinajstić information content (AvgIpc) is 3.10. The van der Waals surface area contributed by atoms with Crippen molar-refractivity contribution in [3.8, 4) is 5.75 Å². The Morgan fingerprint density at radius 3 is 2.82 bits per heavy atom. The van der Waals surface area contributed by atoms with Crippen molar-refractivity contribution < 1.29 is 23.0 Å². The van der Waals surface area contributed by atoms with E-state index in [0.717, 1.165) is 12.5 Å². The topological polar surface area (TPSA) is 54.0 Å². The first kappa shape index (κ1) is 19.2. The predicted octanol–water partition coefficient (Wildman–Crippen LogP) is 2.79. The van der Waals surface area contributed by atoms with Crippen LogP contribution in [0.1, 0.15) is 32.8 Å². The molecule has 0 radical (unpaired) electrons. The van der Waals surface area contributed by atoms with Gasteiger partial charge < -0.3 is 19.7 Å². The summed E-state index contributed by atoms with van der Waals surface area (Å²) in [6, 6.07) is 1.93. The molecule has 3 atom stereocenters. The lowest BCUT2D eigenvalue weighted by Crippen LogP contribution is -2.49. The van der Waals surface area contributed by atoms with Gasteiger partial charge in [-0.2, -0.15) is 0 Å². The Hall–Kier alpha value is -2.16. The number of hydrogen-bond acceptors (Lipinski definition) is 4. The molecule has 6 nitrogen and oxygen atoms in total. The van der Waals surface area contributed by atoms with Crippen LogP contribution >= 0.6 is 12.2 Å². The molecule has 9 heteroatoms. The molecule has 1 amide bonds. The molecule has 0 saturated carbocycles. The van der Waals surface area contributed by atoms with Crippen LogP contribution in [-0.2, 0) is 11.2 Å². The van der Waals surface area contributed by atoms with Crippen LogP contribution in [0.4, 0.5) is 13.6 Å². The molecule has 0 aromatic heterocycles. The van der Waals surface area contributed by atoms with Crippen molar-refractivity contribution in [3.63, 3.8) is 0 Å². The number of halogens is 2. The second-order valence-corrected chi connectivity index (χ2v) is 8.76. The molecule has 3 heterocycles. The molecule has 152 valence electrons. The van der Waals surface area contributed by atoms with E-state index in [2.05, 4.69) is 5.32 Å². The zero-order chi connectivity index (χ0) is 20.2. The second kappa shape index (κ2) is 6.72. The molecule has 2 fully saturated rings. The highest BCUT2D eigenvalue weighted by atomic mass is 32.1. The lowest BCUT2D eigenvalue weighted by Gasteiger charge is -2.36. The third-order valence-corrected chi connectivity index (χ3v) is 5.54. The molecule has 0 bridgehead atoms. The fraction of sp³-hybridized carbons (Fsp3) is 0.579. The van der Waals surface area contributed by atoms with Crippen molar-refractivity contribution >= 4 is 23.4 Å². The first-order valence-electron chi connectivity index (χ1n) is 9.33. The molecule has 3 aliphatic heterocycles. The summed E-state index contributed by atoms with van der Waals surface area (Å²) in [4.78, 5) is 16.2. The lowest BCUT2D eigenvalue weighted by molar-refractivity contribution is 0.0203. The number of benzene rings is 1. The van der Waals surface area contributed by atoms with Gasteiger partial charge in [0.05, 0.1) is 12.1 Å². The number of nitrogens with one attached hydrogen (secondary N) is 1. The number of hydrogen-bond donors (Lipinski definition) is 1. The van der Waals surface area contributed by atoms with E-state index in [-0.39, 0.29) is 36.7 Å². The number of thiocarbonyl (C=S) groups is 1. The van der Waals surface area contributed by atoms with Crippen molar-refractivity contribution in [2.45, 2.75) is 57.5 Å². The molecule has 2 unspecified atom stereocenters. The standard InChI is InChI=1S/C19H23F2N3O3S/c1-19(2,3)27-18(25)23-5-4-14-16(23)22-17(28)24(14)12-7-10-6-11(20)8-13(21)15(10)26-9-12/h6,8,12,14,16H,4-5,7,9H2,1-3H3,(H,22,28)/t12-,14?,16?/m1/s1. The number of ether oxygens (including phenoxy) is 2. The van der Waals surface area contributed by atoms with Gasteiger partial charge in [-0.05, 0) is 45.5 Å². The quantitative estimate of drug-likeness (QED) is 0.718. The van der Waals surface area contributed by atoms with Gasteiger partial charge in [0, 0.05) is 24.6 Å². The van der Waals surface area contributed by atoms with Crippen LogP contribution in [0.3, 0.4) is 0 Å². The third-order valence-electron chi connectivity index (χ3n) is 5.21. The van der Waals surface area contributed by atoms with E-state index in [4.69, 9.17) is 21.7 Å². The van der Waals surface area contributed by atoms with E-state index in [1.54, 1.807) is 4.90 Å². The van der Waals surface area contributed by atoms with Crippen molar-refractivity contribution in [1.29, 1.82) is 0 Å². The van der Waals surface area contributed by atoms with Crippen LogP contribution in [0, 0.1) is 11.6 Å². The summed E-state index contributed by atoms with van der Waals surface area (Å²) in [6.07, 6.45) is 0.471. The molecule has 4 rings (SSSR count). The molecule has 1 aromatic rings. The monoisotopic (exact) mass is 411 g/mol. The van der Waals surface area contributed by atoms with Crippen molar-refractivity contribution in [2.75, 3.05) is 13.2 Å². The minimum absolute atomic E-state index is 0.0337. The Balaban J connectivity index is 1.51. The van der Waals surface area contributed by atoms with Gasteiger partial charge in [-0.3, -0.25) is 4.90 Å². The molecule has 2 saturated heterocycles. The molecule has 1 N–H and O–H groups in total. The van der Waals surface area contributed by atoms with Gasteiger partial charge in [0.2, 0.25) is 0 Å². The minimum atomic E-state index is -0.689. The number of carbonyl (C=O) groups is 1. The van der Waals surface area contributed by atoms with E-state index in [0.29, 0.717) is 23.6 Å². The predicted molar refractivity (Wildman–Crippen MR) is 102 cm³/mol. The molecule has 0 spiro atoms. The van der Waals surface area contributed by atoms with Gasteiger partial charge in [-0.15, -0.1) is 0 Å². The van der Waals surface area contributed by atoms with Crippen LogP contribution in [0.5, 0.6) is 5.75 Å². The highest BCUT2D eigenvalue weighted by Crippen LogP contribution is 2.35. The molecule has 28 heavy (non-hydrogen) atoms. The highest BCUT2D eigenvalue weighted by molar-refractivity contribution is 7.80. The number of nitrogens with zero attached hydrogens (tertiary/aromatic N) is 2. The summed E-state index contributed by atoms with van der Waals surface area (Å²) >= 11 is 5.51. The second-order valence-electron chi connectivity index (χ2n) is 8.38. The summed E-state index contributed by atoms with van der Waals surface area (Å²) in [6.45, 7) is 6.27. The van der Waals surface area contributed by atoms with Crippen LogP contribution in [-0.4, -0.2) is 58.0 Å². The van der Waals surface area contributed by atoms with Crippen molar-refractivity contribution in [3.05, 3.63) is 29.3 Å². The number of carbonyl (C=O) groups excluding carboxylic acids is 1. The zero-order valence-corrected chi connectivity index (χ0v) is 16.8. The summed E-state index contributed by atoms with van der Waals surface area (Å²) in [5, 5.41) is 3.72. The van der Waals surface area contributed by atoms with Crippen LogP contribution in [0.15, 0.2) is 12.1 Å². The fourth-order valence-electron chi connectivity index (χ4n) is 4.15. The first-order valence-corrected chi connectivity index (χ1v) is 9.74. The van der Waals surface area contributed by atoms with E-state index >= 15 is 0 Å². The van der Waals surface area contributed by atoms with Gasteiger partial charge in [0.15, 0.2) is 16.7 Å². The van der Waals surface area contributed by atoms with Gasteiger partial charge in [0.25, 0.3) is 0 Å². The number of fused-ring (bicyclic) bond motifs is 2. The van der Waals surface area contributed by atoms with Crippen molar-refractivity contribution in [1.82, 2.24) is 15.1 Å². The van der Waals surface area contributed by atoms with Gasteiger partial charge in [-0.25, -0.2) is 13.6 Å². The van der Waals surface area contributed by atoms with Crippen LogP contribution < -0.4 is 10.1 Å². The van der Waals surface area contributed by atoms with Gasteiger partial charge in [-0.1, -0.05) is 0 Å². The SMILES string of the molecule is CC(C)(C)OC(=O)N1CCC2C1NC(=S)N2[C@H]1COc2c(F)cc(F)cc2C1. The van der Waals surface area contributed by atoms with Gasteiger partial charge in [0.1, 0.15) is 24.2 Å². The smallest absolute Gasteiger partial charge is 0.412 e. The fourth-order valence-corrected chi connectivity index (χ4v) is 4.56.